The van der Waals surface area contributed by atoms with Gasteiger partial charge in [-0.05, 0) is 51.8 Å². The molecule has 6 heteroatoms. The largest absolute Gasteiger partial charge is 0.354 e. The number of aryl methyl sites for hydroxylation is 2. The first-order valence-electron chi connectivity index (χ1n) is 9.66. The van der Waals surface area contributed by atoms with Crippen molar-refractivity contribution in [3.05, 3.63) is 63.3 Å². The van der Waals surface area contributed by atoms with Crippen LogP contribution in [0.3, 0.4) is 0 Å². The van der Waals surface area contributed by atoms with E-state index in [4.69, 9.17) is 0 Å². The topological polar surface area (TPSA) is 78.1 Å². The number of carbonyl (C=O) groups excluding carboxylic acids is 1. The van der Waals surface area contributed by atoms with Crippen molar-refractivity contribution in [3.63, 3.8) is 0 Å². The Balaban J connectivity index is 1.59. The standard InChI is InChI=1S/C21H28N4O2/c1-15-18(21(27)24-16(2)23-15)10-11-20(26)22-14-19(25-12-6-7-13-25)17-8-4-3-5-9-17/h3-5,8-9,19H,6-7,10-14H2,1-2H3,(H,22,26)(H,23,24,27). The number of amides is 1. The fraction of sp³-hybridized carbons (Fsp3) is 0.476. The van der Waals surface area contributed by atoms with E-state index in [1.54, 1.807) is 6.92 Å². The van der Waals surface area contributed by atoms with E-state index in [1.165, 1.54) is 18.4 Å². The lowest BCUT2D eigenvalue weighted by molar-refractivity contribution is -0.121. The Morgan fingerprint density at radius 3 is 2.59 bits per heavy atom. The minimum atomic E-state index is -0.146. The molecule has 2 heterocycles. The lowest BCUT2D eigenvalue weighted by Crippen LogP contribution is -2.37. The summed E-state index contributed by atoms with van der Waals surface area (Å²) in [6.45, 7) is 6.30. The van der Waals surface area contributed by atoms with E-state index >= 15 is 0 Å². The Kier molecular flexibility index (Phi) is 6.40. The van der Waals surface area contributed by atoms with E-state index in [0.29, 0.717) is 30.0 Å². The zero-order chi connectivity index (χ0) is 19.2. The minimum Gasteiger partial charge on any atom is -0.354 e. The second-order valence-corrected chi connectivity index (χ2v) is 7.19. The maximum Gasteiger partial charge on any atom is 0.254 e. The second-order valence-electron chi connectivity index (χ2n) is 7.19. The van der Waals surface area contributed by atoms with Crippen LogP contribution in [0, 0.1) is 13.8 Å². The number of likely N-dealkylation sites (tertiary alicyclic amines) is 1. The van der Waals surface area contributed by atoms with Gasteiger partial charge < -0.3 is 10.3 Å². The molecule has 1 aromatic heterocycles. The van der Waals surface area contributed by atoms with E-state index in [-0.39, 0.29) is 23.9 Å². The number of hydrogen-bond donors (Lipinski definition) is 2. The average Bonchev–Trinajstić information content (AvgIpc) is 3.16. The highest BCUT2D eigenvalue weighted by molar-refractivity contribution is 5.76. The van der Waals surface area contributed by atoms with Gasteiger partial charge in [-0.2, -0.15) is 0 Å². The van der Waals surface area contributed by atoms with Gasteiger partial charge in [0.15, 0.2) is 0 Å². The van der Waals surface area contributed by atoms with E-state index in [9.17, 15) is 9.59 Å². The van der Waals surface area contributed by atoms with Gasteiger partial charge in [0.1, 0.15) is 5.82 Å². The molecule has 2 aromatic rings. The number of H-pyrrole nitrogens is 1. The third kappa shape index (κ3) is 5.04. The molecule has 0 bridgehead atoms. The molecule has 3 rings (SSSR count). The maximum atomic E-state index is 12.4. The van der Waals surface area contributed by atoms with Gasteiger partial charge in [-0.15, -0.1) is 0 Å². The van der Waals surface area contributed by atoms with Crippen LogP contribution in [0.5, 0.6) is 0 Å². The Morgan fingerprint density at radius 1 is 1.22 bits per heavy atom. The van der Waals surface area contributed by atoms with E-state index in [2.05, 4.69) is 32.3 Å². The monoisotopic (exact) mass is 368 g/mol. The lowest BCUT2D eigenvalue weighted by atomic mass is 10.1. The number of hydrogen-bond acceptors (Lipinski definition) is 4. The van der Waals surface area contributed by atoms with Crippen LogP contribution in [-0.2, 0) is 11.2 Å². The minimum absolute atomic E-state index is 0.0329. The summed E-state index contributed by atoms with van der Waals surface area (Å²) in [6, 6.07) is 10.5. The van der Waals surface area contributed by atoms with Crippen LogP contribution in [0.2, 0.25) is 0 Å². The molecule has 2 N–H and O–H groups in total. The lowest BCUT2D eigenvalue weighted by Gasteiger charge is -2.28. The van der Waals surface area contributed by atoms with Crippen LogP contribution in [0.4, 0.5) is 0 Å². The van der Waals surface area contributed by atoms with Gasteiger partial charge in [-0.3, -0.25) is 14.5 Å². The van der Waals surface area contributed by atoms with Crippen molar-refractivity contribution in [1.29, 1.82) is 0 Å². The highest BCUT2D eigenvalue weighted by Crippen LogP contribution is 2.24. The van der Waals surface area contributed by atoms with Crippen LogP contribution in [0.25, 0.3) is 0 Å². The van der Waals surface area contributed by atoms with Crippen LogP contribution in [0.1, 0.15) is 47.9 Å². The zero-order valence-corrected chi connectivity index (χ0v) is 16.1. The third-order valence-electron chi connectivity index (χ3n) is 5.20. The summed E-state index contributed by atoms with van der Waals surface area (Å²) >= 11 is 0. The summed E-state index contributed by atoms with van der Waals surface area (Å²) in [5.41, 5.74) is 2.37. The number of nitrogens with zero attached hydrogens (tertiary/aromatic N) is 2. The first kappa shape index (κ1) is 19.3. The number of aromatic nitrogens is 2. The molecular weight excluding hydrogens is 340 g/mol. The fourth-order valence-corrected chi connectivity index (χ4v) is 3.77. The second kappa shape index (κ2) is 8.95. The van der Waals surface area contributed by atoms with Crippen molar-refractivity contribution >= 4 is 5.91 Å². The molecule has 1 amide bonds. The molecule has 1 aromatic carbocycles. The molecule has 144 valence electrons. The van der Waals surface area contributed by atoms with E-state index in [0.717, 1.165) is 13.1 Å². The summed E-state index contributed by atoms with van der Waals surface area (Å²) in [4.78, 5) is 33.9. The maximum absolute atomic E-state index is 12.4. The Hall–Kier alpha value is -2.47. The van der Waals surface area contributed by atoms with Crippen LogP contribution < -0.4 is 10.9 Å². The van der Waals surface area contributed by atoms with Gasteiger partial charge in [-0.1, -0.05) is 30.3 Å². The Morgan fingerprint density at radius 2 is 1.93 bits per heavy atom. The van der Waals surface area contributed by atoms with E-state index in [1.807, 2.05) is 25.1 Å². The molecule has 0 aliphatic carbocycles. The average molecular weight is 368 g/mol. The third-order valence-corrected chi connectivity index (χ3v) is 5.20. The van der Waals surface area contributed by atoms with Crippen molar-refractivity contribution in [2.24, 2.45) is 0 Å². The molecule has 0 saturated carbocycles. The van der Waals surface area contributed by atoms with Crippen molar-refractivity contribution < 1.29 is 4.79 Å². The first-order valence-corrected chi connectivity index (χ1v) is 9.66. The SMILES string of the molecule is Cc1nc(C)c(CCC(=O)NCC(c2ccccc2)N2CCCC2)c(=O)[nH]1. The van der Waals surface area contributed by atoms with Gasteiger partial charge in [0.25, 0.3) is 5.56 Å². The Bertz CT molecular complexity index is 826. The van der Waals surface area contributed by atoms with Gasteiger partial charge in [0.05, 0.1) is 6.04 Å². The zero-order valence-electron chi connectivity index (χ0n) is 16.1. The summed E-state index contributed by atoms with van der Waals surface area (Å²) in [5, 5.41) is 3.07. The molecule has 1 aliphatic rings. The van der Waals surface area contributed by atoms with Crippen molar-refractivity contribution in [3.8, 4) is 0 Å². The van der Waals surface area contributed by atoms with Crippen molar-refractivity contribution in [2.75, 3.05) is 19.6 Å². The molecular formula is C21H28N4O2. The smallest absolute Gasteiger partial charge is 0.254 e. The quantitative estimate of drug-likeness (QED) is 0.786. The predicted molar refractivity (Wildman–Crippen MR) is 106 cm³/mol. The van der Waals surface area contributed by atoms with Gasteiger partial charge in [0, 0.05) is 24.2 Å². The Labute approximate surface area is 160 Å². The number of benzene rings is 1. The number of aromatic amines is 1. The highest BCUT2D eigenvalue weighted by Gasteiger charge is 2.23. The number of carbonyl (C=O) groups is 1. The summed E-state index contributed by atoms with van der Waals surface area (Å²) in [5.74, 6) is 0.566. The molecule has 1 saturated heterocycles. The van der Waals surface area contributed by atoms with Gasteiger partial charge in [0.2, 0.25) is 5.91 Å². The molecule has 0 spiro atoms. The normalized spacial score (nSPS) is 15.6. The van der Waals surface area contributed by atoms with Gasteiger partial charge in [-0.25, -0.2) is 4.98 Å². The summed E-state index contributed by atoms with van der Waals surface area (Å²) in [6.07, 6.45) is 3.11. The van der Waals surface area contributed by atoms with Crippen molar-refractivity contribution in [2.45, 2.75) is 45.6 Å². The first-order chi connectivity index (χ1) is 13.0. The predicted octanol–water partition coefficient (Wildman–Crippen LogP) is 2.27. The van der Waals surface area contributed by atoms with E-state index < -0.39 is 0 Å². The van der Waals surface area contributed by atoms with Gasteiger partial charge >= 0.3 is 0 Å². The highest BCUT2D eigenvalue weighted by atomic mass is 16.1. The molecule has 0 radical (unpaired) electrons. The van der Waals surface area contributed by atoms with Crippen LogP contribution >= 0.6 is 0 Å². The molecule has 1 aliphatic heterocycles. The summed E-state index contributed by atoms with van der Waals surface area (Å²) < 4.78 is 0. The molecule has 6 nitrogen and oxygen atoms in total. The van der Waals surface area contributed by atoms with Crippen molar-refractivity contribution in [1.82, 2.24) is 20.2 Å². The summed E-state index contributed by atoms with van der Waals surface area (Å²) in [7, 11) is 0. The van der Waals surface area contributed by atoms with Crippen LogP contribution in [-0.4, -0.2) is 40.4 Å². The molecule has 27 heavy (non-hydrogen) atoms. The van der Waals surface area contributed by atoms with Crippen LogP contribution in [0.15, 0.2) is 35.1 Å². The fourth-order valence-electron chi connectivity index (χ4n) is 3.77. The molecule has 1 unspecified atom stereocenters. The molecule has 1 fully saturated rings. The molecule has 1 atom stereocenters. The number of rotatable bonds is 7. The number of nitrogens with one attached hydrogen (secondary N) is 2.